The monoisotopic (exact) mass is 283 g/mol. The summed E-state index contributed by atoms with van der Waals surface area (Å²) in [6, 6.07) is 12.3. The van der Waals surface area contributed by atoms with Crippen molar-refractivity contribution in [3.63, 3.8) is 0 Å². The minimum absolute atomic E-state index is 0.273. The van der Waals surface area contributed by atoms with Crippen molar-refractivity contribution in [2.45, 2.75) is 26.5 Å². The van der Waals surface area contributed by atoms with Gasteiger partial charge in [-0.2, -0.15) is 0 Å². The number of nitrogens with one attached hydrogen (secondary N) is 1. The van der Waals surface area contributed by atoms with Crippen molar-refractivity contribution in [3.8, 4) is 18.1 Å². The third-order valence-electron chi connectivity index (χ3n) is 2.87. The van der Waals surface area contributed by atoms with E-state index < -0.39 is 0 Å². The van der Waals surface area contributed by atoms with Crippen molar-refractivity contribution in [2.75, 3.05) is 5.32 Å². The predicted octanol–water partition coefficient (Wildman–Crippen LogP) is 4.21. The molecular formula is C18H18FNO. The Hall–Kier alpha value is -2.47. The topological polar surface area (TPSA) is 21.3 Å². The minimum Gasteiger partial charge on any atom is -0.488 e. The molecule has 1 N–H and O–H groups in total. The Morgan fingerprint density at radius 2 is 2.05 bits per heavy atom. The van der Waals surface area contributed by atoms with Gasteiger partial charge in [0.05, 0.1) is 5.56 Å². The molecule has 2 aromatic rings. The van der Waals surface area contributed by atoms with Gasteiger partial charge in [-0.1, -0.05) is 18.1 Å². The quantitative estimate of drug-likeness (QED) is 0.830. The molecule has 0 atom stereocenters. The van der Waals surface area contributed by atoms with Crippen LogP contribution in [0.25, 0.3) is 0 Å². The highest BCUT2D eigenvalue weighted by molar-refractivity contribution is 5.56. The summed E-state index contributed by atoms with van der Waals surface area (Å²) in [5.74, 6) is 2.97. The molecule has 0 spiro atoms. The minimum atomic E-state index is -0.273. The summed E-state index contributed by atoms with van der Waals surface area (Å²) in [5.41, 5.74) is 2.40. The second-order valence-electron chi connectivity index (χ2n) is 5.07. The summed E-state index contributed by atoms with van der Waals surface area (Å²) in [5, 5.41) is 3.29. The number of rotatable bonds is 5. The molecule has 0 aliphatic carbocycles. The summed E-state index contributed by atoms with van der Waals surface area (Å²) in [7, 11) is 0. The molecule has 0 amide bonds. The van der Waals surface area contributed by atoms with Gasteiger partial charge in [-0.05, 0) is 49.7 Å². The Labute approximate surface area is 125 Å². The Balaban J connectivity index is 2.11. The van der Waals surface area contributed by atoms with Gasteiger partial charge in [-0.25, -0.2) is 4.39 Å². The van der Waals surface area contributed by atoms with Crippen LogP contribution in [0.15, 0.2) is 42.5 Å². The fourth-order valence-corrected chi connectivity index (χ4v) is 1.98. The van der Waals surface area contributed by atoms with E-state index in [1.54, 1.807) is 6.07 Å². The molecule has 108 valence electrons. The molecular weight excluding hydrogens is 265 g/mol. The first-order valence-corrected chi connectivity index (χ1v) is 6.83. The van der Waals surface area contributed by atoms with Gasteiger partial charge in [0.25, 0.3) is 0 Å². The van der Waals surface area contributed by atoms with Crippen molar-refractivity contribution >= 4 is 5.69 Å². The molecule has 0 aromatic heterocycles. The lowest BCUT2D eigenvalue weighted by molar-refractivity contribution is 0.305. The predicted molar refractivity (Wildman–Crippen MR) is 83.9 cm³/mol. The molecule has 0 saturated carbocycles. The number of anilines is 1. The van der Waals surface area contributed by atoms with E-state index >= 15 is 0 Å². The number of benzene rings is 2. The van der Waals surface area contributed by atoms with Gasteiger partial charge in [0.15, 0.2) is 0 Å². The fourth-order valence-electron chi connectivity index (χ4n) is 1.98. The van der Waals surface area contributed by atoms with Crippen LogP contribution in [0, 0.1) is 18.2 Å². The lowest BCUT2D eigenvalue weighted by atomic mass is 10.1. The molecule has 0 saturated heterocycles. The average Bonchev–Trinajstić information content (AvgIpc) is 2.45. The normalized spacial score (nSPS) is 10.2. The molecule has 21 heavy (non-hydrogen) atoms. The van der Waals surface area contributed by atoms with Crippen LogP contribution in [-0.4, -0.2) is 6.04 Å². The Kier molecular flexibility index (Phi) is 4.84. The van der Waals surface area contributed by atoms with Gasteiger partial charge in [0.2, 0.25) is 0 Å². The first kappa shape index (κ1) is 14.9. The number of hydrogen-bond donors (Lipinski definition) is 1. The zero-order valence-corrected chi connectivity index (χ0v) is 12.2. The van der Waals surface area contributed by atoms with Gasteiger partial charge in [0, 0.05) is 11.7 Å². The molecule has 0 heterocycles. The van der Waals surface area contributed by atoms with Crippen LogP contribution >= 0.6 is 0 Å². The molecule has 0 aliphatic rings. The van der Waals surface area contributed by atoms with Crippen LogP contribution < -0.4 is 10.1 Å². The van der Waals surface area contributed by atoms with Crippen LogP contribution in [0.3, 0.4) is 0 Å². The van der Waals surface area contributed by atoms with E-state index in [0.717, 1.165) is 11.3 Å². The Morgan fingerprint density at radius 1 is 1.24 bits per heavy atom. The zero-order valence-electron chi connectivity index (χ0n) is 12.2. The van der Waals surface area contributed by atoms with E-state index in [1.807, 2.05) is 24.3 Å². The summed E-state index contributed by atoms with van der Waals surface area (Å²) in [4.78, 5) is 0. The molecule has 2 rings (SSSR count). The van der Waals surface area contributed by atoms with E-state index in [4.69, 9.17) is 11.2 Å². The van der Waals surface area contributed by atoms with Gasteiger partial charge < -0.3 is 10.1 Å². The van der Waals surface area contributed by atoms with Gasteiger partial charge >= 0.3 is 0 Å². The highest BCUT2D eigenvalue weighted by atomic mass is 19.1. The number of hydrogen-bond acceptors (Lipinski definition) is 2. The van der Waals surface area contributed by atoms with E-state index in [0.29, 0.717) is 17.4 Å². The number of terminal acetylenes is 1. The molecule has 0 bridgehead atoms. The maximum atomic E-state index is 13.1. The van der Waals surface area contributed by atoms with Crippen LogP contribution in [0.4, 0.5) is 10.1 Å². The third-order valence-corrected chi connectivity index (χ3v) is 2.87. The van der Waals surface area contributed by atoms with Crippen molar-refractivity contribution in [3.05, 3.63) is 59.4 Å². The lowest BCUT2D eigenvalue weighted by Crippen LogP contribution is -2.09. The van der Waals surface area contributed by atoms with Crippen LogP contribution in [0.5, 0.6) is 5.75 Å². The standard InChI is InChI=1S/C18H18FNO/c1-4-15-11-17(20-13(2)3)8-9-18(15)21-12-14-6-5-7-16(19)10-14/h1,5-11,13,20H,12H2,2-3H3. The lowest BCUT2D eigenvalue weighted by Gasteiger charge is -2.13. The highest BCUT2D eigenvalue weighted by Gasteiger charge is 2.05. The van der Waals surface area contributed by atoms with Gasteiger partial charge in [-0.15, -0.1) is 6.42 Å². The Morgan fingerprint density at radius 3 is 2.71 bits per heavy atom. The average molecular weight is 283 g/mol. The summed E-state index contributed by atoms with van der Waals surface area (Å²) in [6.07, 6.45) is 5.53. The second-order valence-corrected chi connectivity index (χ2v) is 5.07. The van der Waals surface area contributed by atoms with Gasteiger partial charge in [0.1, 0.15) is 18.2 Å². The summed E-state index contributed by atoms with van der Waals surface area (Å²) < 4.78 is 18.8. The zero-order chi connectivity index (χ0) is 15.2. The first-order valence-electron chi connectivity index (χ1n) is 6.83. The maximum absolute atomic E-state index is 13.1. The fraction of sp³-hybridized carbons (Fsp3) is 0.222. The second kappa shape index (κ2) is 6.81. The van der Waals surface area contributed by atoms with Crippen LogP contribution in [-0.2, 0) is 6.61 Å². The molecule has 0 radical (unpaired) electrons. The van der Waals surface area contributed by atoms with Gasteiger partial charge in [-0.3, -0.25) is 0 Å². The van der Waals surface area contributed by atoms with E-state index in [2.05, 4.69) is 25.1 Å². The highest BCUT2D eigenvalue weighted by Crippen LogP contribution is 2.23. The third kappa shape index (κ3) is 4.25. The summed E-state index contributed by atoms with van der Waals surface area (Å²) >= 11 is 0. The summed E-state index contributed by atoms with van der Waals surface area (Å²) in [6.45, 7) is 4.40. The van der Waals surface area contributed by atoms with E-state index in [9.17, 15) is 4.39 Å². The van der Waals surface area contributed by atoms with E-state index in [1.165, 1.54) is 12.1 Å². The van der Waals surface area contributed by atoms with Crippen LogP contribution in [0.2, 0.25) is 0 Å². The molecule has 3 heteroatoms. The van der Waals surface area contributed by atoms with E-state index in [-0.39, 0.29) is 12.4 Å². The van der Waals surface area contributed by atoms with Crippen LogP contribution in [0.1, 0.15) is 25.0 Å². The molecule has 0 unspecified atom stereocenters. The maximum Gasteiger partial charge on any atom is 0.135 e. The molecule has 2 nitrogen and oxygen atoms in total. The Bertz CT molecular complexity index is 659. The van der Waals surface area contributed by atoms with Crippen molar-refractivity contribution in [1.82, 2.24) is 0 Å². The molecule has 0 fully saturated rings. The first-order chi connectivity index (χ1) is 10.1. The van der Waals surface area contributed by atoms with Crippen molar-refractivity contribution < 1.29 is 9.13 Å². The smallest absolute Gasteiger partial charge is 0.135 e. The van der Waals surface area contributed by atoms with Crippen molar-refractivity contribution in [2.24, 2.45) is 0 Å². The SMILES string of the molecule is C#Cc1cc(NC(C)C)ccc1OCc1cccc(F)c1. The molecule has 2 aromatic carbocycles. The molecule has 0 aliphatic heterocycles. The number of ether oxygens (including phenoxy) is 1. The number of halogens is 1. The largest absolute Gasteiger partial charge is 0.488 e. The van der Waals surface area contributed by atoms with Crippen molar-refractivity contribution in [1.29, 1.82) is 0 Å².